The topological polar surface area (TPSA) is 86.1 Å². The average Bonchev–Trinajstić information content (AvgIpc) is 3.11. The van der Waals surface area contributed by atoms with E-state index in [-0.39, 0.29) is 18.4 Å². The fourth-order valence-electron chi connectivity index (χ4n) is 2.93. The van der Waals surface area contributed by atoms with Crippen LogP contribution in [-0.4, -0.2) is 33.8 Å². The largest absolute Gasteiger partial charge is 0.469 e. The monoisotopic (exact) mass is 400 g/mol. The van der Waals surface area contributed by atoms with Crippen LogP contribution in [-0.2, 0) is 9.53 Å². The number of ether oxygens (including phenoxy) is 1. The lowest BCUT2D eigenvalue weighted by Gasteiger charge is -2.19. The van der Waals surface area contributed by atoms with Crippen LogP contribution in [0.4, 0.5) is 0 Å². The maximum atomic E-state index is 12.8. The molecule has 1 N–H and O–H groups in total. The molecule has 0 aliphatic carbocycles. The fourth-order valence-corrected chi connectivity index (χ4v) is 3.20. The molecule has 8 heteroatoms. The Hall–Kier alpha value is -2.93. The molecule has 1 amide bonds. The number of benzene rings is 1. The molecule has 0 saturated carbocycles. The minimum Gasteiger partial charge on any atom is -0.469 e. The Kier molecular flexibility index (Phi) is 5.94. The van der Waals surface area contributed by atoms with Crippen molar-refractivity contribution in [2.45, 2.75) is 32.4 Å². The molecule has 0 unspecified atom stereocenters. The SMILES string of the molecule is COC(=O)C[C@H](NC(=O)c1cnc2c(cnn2C(C)C)c1)c1ccccc1Cl. The first kappa shape index (κ1) is 19.8. The summed E-state index contributed by atoms with van der Waals surface area (Å²) in [5.41, 5.74) is 1.73. The normalized spacial score (nSPS) is 12.2. The number of halogens is 1. The fraction of sp³-hybridized carbons (Fsp3) is 0.300. The first-order chi connectivity index (χ1) is 13.4. The van der Waals surface area contributed by atoms with Crippen molar-refractivity contribution in [2.75, 3.05) is 7.11 Å². The van der Waals surface area contributed by atoms with Crippen molar-refractivity contribution in [3.8, 4) is 0 Å². The zero-order valence-electron chi connectivity index (χ0n) is 15.8. The van der Waals surface area contributed by atoms with E-state index in [0.717, 1.165) is 5.39 Å². The zero-order valence-corrected chi connectivity index (χ0v) is 16.6. The van der Waals surface area contributed by atoms with Gasteiger partial charge in [0, 0.05) is 22.6 Å². The molecule has 0 bridgehead atoms. The Morgan fingerprint density at radius 1 is 1.25 bits per heavy atom. The van der Waals surface area contributed by atoms with Gasteiger partial charge in [-0.05, 0) is 31.5 Å². The van der Waals surface area contributed by atoms with Crippen LogP contribution in [0.5, 0.6) is 0 Å². The van der Waals surface area contributed by atoms with E-state index < -0.39 is 12.0 Å². The second-order valence-corrected chi connectivity index (χ2v) is 7.05. The lowest BCUT2D eigenvalue weighted by Crippen LogP contribution is -2.30. The Labute approximate surface area is 167 Å². The van der Waals surface area contributed by atoms with Crippen LogP contribution in [0.1, 0.15) is 48.3 Å². The second-order valence-electron chi connectivity index (χ2n) is 6.65. The molecular formula is C20H21ClN4O3. The third kappa shape index (κ3) is 4.14. The predicted molar refractivity (Wildman–Crippen MR) is 106 cm³/mol. The highest BCUT2D eigenvalue weighted by atomic mass is 35.5. The number of carbonyl (C=O) groups is 2. The number of rotatable bonds is 6. The van der Waals surface area contributed by atoms with Gasteiger partial charge < -0.3 is 10.1 Å². The van der Waals surface area contributed by atoms with E-state index >= 15 is 0 Å². The summed E-state index contributed by atoms with van der Waals surface area (Å²) in [4.78, 5) is 29.0. The number of hydrogen-bond acceptors (Lipinski definition) is 5. The van der Waals surface area contributed by atoms with Crippen LogP contribution in [0.25, 0.3) is 11.0 Å². The molecule has 1 atom stereocenters. The van der Waals surface area contributed by atoms with Crippen LogP contribution in [0.2, 0.25) is 5.02 Å². The van der Waals surface area contributed by atoms with E-state index in [9.17, 15) is 9.59 Å². The molecule has 0 spiro atoms. The van der Waals surface area contributed by atoms with Gasteiger partial charge in [0.05, 0.1) is 31.3 Å². The van der Waals surface area contributed by atoms with Gasteiger partial charge in [-0.15, -0.1) is 0 Å². The van der Waals surface area contributed by atoms with Gasteiger partial charge in [-0.3, -0.25) is 9.59 Å². The summed E-state index contributed by atoms with van der Waals surface area (Å²) in [6, 6.07) is 8.33. The summed E-state index contributed by atoms with van der Waals surface area (Å²) in [6.07, 6.45) is 3.14. The molecule has 0 radical (unpaired) electrons. The van der Waals surface area contributed by atoms with E-state index in [2.05, 4.69) is 15.4 Å². The molecular weight excluding hydrogens is 380 g/mol. The number of hydrogen-bond donors (Lipinski definition) is 1. The van der Waals surface area contributed by atoms with Crippen LogP contribution >= 0.6 is 11.6 Å². The maximum absolute atomic E-state index is 12.8. The maximum Gasteiger partial charge on any atom is 0.307 e. The number of nitrogens with one attached hydrogen (secondary N) is 1. The number of fused-ring (bicyclic) bond motifs is 1. The van der Waals surface area contributed by atoms with Crippen LogP contribution < -0.4 is 5.32 Å². The molecule has 2 heterocycles. The highest BCUT2D eigenvalue weighted by Gasteiger charge is 2.22. The van der Waals surface area contributed by atoms with Gasteiger partial charge >= 0.3 is 5.97 Å². The molecule has 2 aromatic heterocycles. The first-order valence-electron chi connectivity index (χ1n) is 8.86. The van der Waals surface area contributed by atoms with Gasteiger partial charge in [-0.2, -0.15) is 5.10 Å². The summed E-state index contributed by atoms with van der Waals surface area (Å²) < 4.78 is 6.55. The zero-order chi connectivity index (χ0) is 20.3. The van der Waals surface area contributed by atoms with Crippen molar-refractivity contribution in [3.63, 3.8) is 0 Å². The van der Waals surface area contributed by atoms with Crippen molar-refractivity contribution in [1.29, 1.82) is 0 Å². The Bertz CT molecular complexity index is 1020. The van der Waals surface area contributed by atoms with E-state index in [1.807, 2.05) is 13.8 Å². The molecule has 1 aromatic carbocycles. The molecule has 0 fully saturated rings. The minimum atomic E-state index is -0.622. The third-order valence-corrected chi connectivity index (χ3v) is 4.71. The highest BCUT2D eigenvalue weighted by Crippen LogP contribution is 2.26. The lowest BCUT2D eigenvalue weighted by molar-refractivity contribution is -0.141. The van der Waals surface area contributed by atoms with E-state index in [1.165, 1.54) is 13.3 Å². The van der Waals surface area contributed by atoms with Crippen molar-refractivity contribution < 1.29 is 14.3 Å². The third-order valence-electron chi connectivity index (χ3n) is 4.37. The summed E-state index contributed by atoms with van der Waals surface area (Å²) in [5, 5.41) is 8.40. The number of esters is 1. The van der Waals surface area contributed by atoms with Crippen molar-refractivity contribution in [1.82, 2.24) is 20.1 Å². The standard InChI is InChI=1S/C20H21ClN4O3/c1-12(2)25-19-13(11-23-25)8-14(10-22-19)20(27)24-17(9-18(26)28-3)15-6-4-5-7-16(15)21/h4-8,10-12,17H,9H2,1-3H3,(H,24,27)/t17-/m0/s1. The van der Waals surface area contributed by atoms with E-state index in [1.54, 1.807) is 41.2 Å². The van der Waals surface area contributed by atoms with Gasteiger partial charge in [0.15, 0.2) is 5.65 Å². The van der Waals surface area contributed by atoms with Gasteiger partial charge in [-0.25, -0.2) is 9.67 Å². The van der Waals surface area contributed by atoms with Crippen molar-refractivity contribution >= 4 is 34.5 Å². The van der Waals surface area contributed by atoms with Crippen LogP contribution in [0.3, 0.4) is 0 Å². The summed E-state index contributed by atoms with van der Waals surface area (Å²) in [5.74, 6) is -0.808. The van der Waals surface area contributed by atoms with Gasteiger partial charge in [0.25, 0.3) is 5.91 Å². The molecule has 0 saturated heterocycles. The van der Waals surface area contributed by atoms with E-state index in [0.29, 0.717) is 21.8 Å². The quantitative estimate of drug-likeness (QED) is 0.637. The molecule has 0 aliphatic rings. The number of methoxy groups -OCH3 is 1. The van der Waals surface area contributed by atoms with Crippen LogP contribution in [0, 0.1) is 0 Å². The van der Waals surface area contributed by atoms with Crippen molar-refractivity contribution in [2.24, 2.45) is 0 Å². The van der Waals surface area contributed by atoms with Crippen LogP contribution in [0.15, 0.2) is 42.7 Å². The molecule has 0 aliphatic heterocycles. The summed E-state index contributed by atoms with van der Waals surface area (Å²) in [6.45, 7) is 4.02. The second kappa shape index (κ2) is 8.39. The molecule has 3 rings (SSSR count). The molecule has 7 nitrogen and oxygen atoms in total. The molecule has 3 aromatic rings. The number of carbonyl (C=O) groups excluding carboxylic acids is 2. The van der Waals surface area contributed by atoms with Crippen molar-refractivity contribution in [3.05, 3.63) is 58.9 Å². The average molecular weight is 401 g/mol. The Balaban J connectivity index is 1.88. The Morgan fingerprint density at radius 3 is 2.68 bits per heavy atom. The smallest absolute Gasteiger partial charge is 0.307 e. The number of pyridine rings is 1. The predicted octanol–water partition coefficient (Wildman–Crippen LogP) is 3.70. The summed E-state index contributed by atoms with van der Waals surface area (Å²) in [7, 11) is 1.30. The van der Waals surface area contributed by atoms with Gasteiger partial charge in [-0.1, -0.05) is 29.8 Å². The highest BCUT2D eigenvalue weighted by molar-refractivity contribution is 6.31. The molecule has 146 valence electrons. The number of amides is 1. The number of nitrogens with zero attached hydrogens (tertiary/aromatic N) is 3. The Morgan fingerprint density at radius 2 is 2.00 bits per heavy atom. The molecule has 28 heavy (non-hydrogen) atoms. The van der Waals surface area contributed by atoms with Gasteiger partial charge in [0.1, 0.15) is 0 Å². The summed E-state index contributed by atoms with van der Waals surface area (Å²) >= 11 is 6.26. The van der Waals surface area contributed by atoms with E-state index in [4.69, 9.17) is 16.3 Å². The minimum absolute atomic E-state index is 0.0348. The first-order valence-corrected chi connectivity index (χ1v) is 9.24. The van der Waals surface area contributed by atoms with Gasteiger partial charge in [0.2, 0.25) is 0 Å². The number of aromatic nitrogens is 3. The lowest BCUT2D eigenvalue weighted by atomic mass is 10.0.